The van der Waals surface area contributed by atoms with Crippen molar-refractivity contribution >= 4 is 29.0 Å². The zero-order valence-electron chi connectivity index (χ0n) is 17.6. The molecule has 33 heavy (non-hydrogen) atoms. The number of ether oxygens (including phenoxy) is 1. The van der Waals surface area contributed by atoms with E-state index in [0.717, 1.165) is 10.6 Å². The SMILES string of the molecule is NC(=O)N[C@H](CC(=O)Nc1ccc(-c2nccs2)cc1)c1cccc(Oc2ccccc2)c1. The molecule has 0 saturated heterocycles. The molecule has 7 nitrogen and oxygen atoms in total. The van der Waals surface area contributed by atoms with E-state index in [4.69, 9.17) is 10.5 Å². The highest BCUT2D eigenvalue weighted by molar-refractivity contribution is 7.13. The third-order valence-electron chi connectivity index (χ3n) is 4.79. The Kier molecular flexibility index (Phi) is 6.96. The smallest absolute Gasteiger partial charge is 0.312 e. The molecule has 4 rings (SSSR count). The number of anilines is 1. The van der Waals surface area contributed by atoms with E-state index in [1.807, 2.05) is 72.1 Å². The lowest BCUT2D eigenvalue weighted by atomic mass is 10.0. The first-order chi connectivity index (χ1) is 16.1. The predicted molar refractivity (Wildman–Crippen MR) is 129 cm³/mol. The van der Waals surface area contributed by atoms with E-state index >= 15 is 0 Å². The number of rotatable bonds is 8. The highest BCUT2D eigenvalue weighted by Gasteiger charge is 2.18. The van der Waals surface area contributed by atoms with Crippen LogP contribution >= 0.6 is 11.3 Å². The van der Waals surface area contributed by atoms with Crippen LogP contribution in [-0.4, -0.2) is 16.9 Å². The maximum absolute atomic E-state index is 12.7. The molecule has 8 heteroatoms. The molecular formula is C25H22N4O3S. The van der Waals surface area contributed by atoms with Crippen molar-refractivity contribution in [3.8, 4) is 22.1 Å². The number of primary amides is 1. The number of amides is 3. The molecule has 0 unspecified atom stereocenters. The Morgan fingerprint density at radius 3 is 2.42 bits per heavy atom. The quantitative estimate of drug-likeness (QED) is 0.331. The van der Waals surface area contributed by atoms with Gasteiger partial charge in [0.2, 0.25) is 5.91 Å². The van der Waals surface area contributed by atoms with E-state index in [2.05, 4.69) is 15.6 Å². The number of para-hydroxylation sites is 1. The van der Waals surface area contributed by atoms with Crippen LogP contribution in [0.3, 0.4) is 0 Å². The standard InChI is InChI=1S/C25H22N4O3S/c26-25(31)29-22(18-5-4-8-21(15-18)32-20-6-2-1-3-7-20)16-23(30)28-19-11-9-17(10-12-19)24-27-13-14-33-24/h1-15,22H,16H2,(H,28,30)(H3,26,29,31)/t22-/m1/s1. The van der Waals surface area contributed by atoms with Crippen molar-refractivity contribution in [3.05, 3.63) is 96.0 Å². The second-order valence-corrected chi connectivity index (χ2v) is 8.11. The number of nitrogens with zero attached hydrogens (tertiary/aromatic N) is 1. The summed E-state index contributed by atoms with van der Waals surface area (Å²) < 4.78 is 5.87. The molecule has 4 aromatic rings. The molecule has 4 N–H and O–H groups in total. The van der Waals surface area contributed by atoms with Crippen molar-refractivity contribution in [1.29, 1.82) is 0 Å². The second kappa shape index (κ2) is 10.4. The molecule has 1 aromatic heterocycles. The normalized spacial score (nSPS) is 11.4. The predicted octanol–water partition coefficient (Wildman–Crippen LogP) is 5.34. The Morgan fingerprint density at radius 1 is 0.970 bits per heavy atom. The molecule has 3 amide bonds. The molecule has 0 radical (unpaired) electrons. The number of nitrogens with one attached hydrogen (secondary N) is 2. The van der Waals surface area contributed by atoms with Crippen LogP contribution in [0.1, 0.15) is 18.0 Å². The van der Waals surface area contributed by atoms with Crippen LogP contribution in [0.2, 0.25) is 0 Å². The lowest BCUT2D eigenvalue weighted by Crippen LogP contribution is -2.35. The van der Waals surface area contributed by atoms with Gasteiger partial charge in [-0.3, -0.25) is 4.79 Å². The summed E-state index contributed by atoms with van der Waals surface area (Å²) in [7, 11) is 0. The van der Waals surface area contributed by atoms with E-state index in [1.54, 1.807) is 29.7 Å². The van der Waals surface area contributed by atoms with Crippen LogP contribution in [0, 0.1) is 0 Å². The number of benzene rings is 3. The zero-order chi connectivity index (χ0) is 23.0. The van der Waals surface area contributed by atoms with E-state index in [-0.39, 0.29) is 12.3 Å². The van der Waals surface area contributed by atoms with E-state index in [9.17, 15) is 9.59 Å². The Bertz CT molecular complexity index is 1210. The van der Waals surface area contributed by atoms with Crippen LogP contribution in [0.5, 0.6) is 11.5 Å². The van der Waals surface area contributed by atoms with Gasteiger partial charge in [0.25, 0.3) is 0 Å². The maximum Gasteiger partial charge on any atom is 0.312 e. The molecule has 0 bridgehead atoms. The number of thiazole rings is 1. The van der Waals surface area contributed by atoms with Crippen LogP contribution < -0.4 is 21.1 Å². The van der Waals surface area contributed by atoms with E-state index < -0.39 is 12.1 Å². The van der Waals surface area contributed by atoms with Crippen molar-refractivity contribution < 1.29 is 14.3 Å². The molecule has 1 heterocycles. The minimum absolute atomic E-state index is 0.00591. The monoisotopic (exact) mass is 458 g/mol. The molecule has 0 saturated carbocycles. The van der Waals surface area contributed by atoms with Gasteiger partial charge in [-0.15, -0.1) is 11.3 Å². The summed E-state index contributed by atoms with van der Waals surface area (Å²) in [6.45, 7) is 0. The van der Waals surface area contributed by atoms with Crippen molar-refractivity contribution in [2.24, 2.45) is 5.73 Å². The van der Waals surface area contributed by atoms with Gasteiger partial charge < -0.3 is 21.1 Å². The van der Waals surface area contributed by atoms with Gasteiger partial charge in [0.1, 0.15) is 16.5 Å². The Hall–Kier alpha value is -4.17. The number of nitrogens with two attached hydrogens (primary N) is 1. The van der Waals surface area contributed by atoms with Crippen LogP contribution in [0.15, 0.2) is 90.4 Å². The van der Waals surface area contributed by atoms with E-state index in [1.165, 1.54) is 0 Å². The summed E-state index contributed by atoms with van der Waals surface area (Å²) in [6, 6.07) is 22.7. The number of urea groups is 1. The first-order valence-corrected chi connectivity index (χ1v) is 11.1. The fraction of sp³-hybridized carbons (Fsp3) is 0.0800. The Labute approximate surface area is 195 Å². The van der Waals surface area contributed by atoms with Gasteiger partial charge in [0.15, 0.2) is 0 Å². The minimum Gasteiger partial charge on any atom is -0.457 e. The highest BCUT2D eigenvalue weighted by atomic mass is 32.1. The highest BCUT2D eigenvalue weighted by Crippen LogP contribution is 2.27. The van der Waals surface area contributed by atoms with Crippen molar-refractivity contribution in [2.75, 3.05) is 5.32 Å². The van der Waals surface area contributed by atoms with Crippen molar-refractivity contribution in [1.82, 2.24) is 10.3 Å². The first kappa shape index (κ1) is 22.0. The molecule has 3 aromatic carbocycles. The van der Waals surface area contributed by atoms with Gasteiger partial charge in [0, 0.05) is 22.8 Å². The number of carbonyl (C=O) groups is 2. The molecule has 1 atom stereocenters. The molecule has 0 spiro atoms. The van der Waals surface area contributed by atoms with Gasteiger partial charge in [-0.25, -0.2) is 9.78 Å². The fourth-order valence-corrected chi connectivity index (χ4v) is 3.95. The minimum atomic E-state index is -0.713. The van der Waals surface area contributed by atoms with Crippen molar-refractivity contribution in [3.63, 3.8) is 0 Å². The van der Waals surface area contributed by atoms with Crippen LogP contribution in [-0.2, 0) is 4.79 Å². The Balaban J connectivity index is 1.44. The summed E-state index contributed by atoms with van der Waals surface area (Å²) in [5.41, 5.74) is 7.70. The lowest BCUT2D eigenvalue weighted by Gasteiger charge is -2.19. The molecule has 0 fully saturated rings. The van der Waals surface area contributed by atoms with E-state index in [0.29, 0.717) is 22.7 Å². The van der Waals surface area contributed by atoms with Crippen LogP contribution in [0.25, 0.3) is 10.6 Å². The molecule has 0 aliphatic rings. The lowest BCUT2D eigenvalue weighted by molar-refractivity contribution is -0.116. The third-order valence-corrected chi connectivity index (χ3v) is 5.62. The van der Waals surface area contributed by atoms with Gasteiger partial charge in [-0.1, -0.05) is 30.3 Å². The molecule has 0 aliphatic heterocycles. The average molecular weight is 459 g/mol. The largest absolute Gasteiger partial charge is 0.457 e. The fourth-order valence-electron chi connectivity index (χ4n) is 3.30. The Morgan fingerprint density at radius 2 is 1.73 bits per heavy atom. The summed E-state index contributed by atoms with van der Waals surface area (Å²) >= 11 is 1.55. The summed E-state index contributed by atoms with van der Waals surface area (Å²) in [4.78, 5) is 28.6. The second-order valence-electron chi connectivity index (χ2n) is 7.22. The third kappa shape index (κ3) is 6.18. The molecule has 166 valence electrons. The summed E-state index contributed by atoms with van der Waals surface area (Å²) in [5, 5.41) is 8.34. The van der Waals surface area contributed by atoms with Crippen LogP contribution in [0.4, 0.5) is 10.5 Å². The number of aromatic nitrogens is 1. The zero-order valence-corrected chi connectivity index (χ0v) is 18.4. The van der Waals surface area contributed by atoms with Gasteiger partial charge in [-0.2, -0.15) is 0 Å². The van der Waals surface area contributed by atoms with Gasteiger partial charge in [-0.05, 0) is 54.1 Å². The first-order valence-electron chi connectivity index (χ1n) is 10.3. The topological polar surface area (TPSA) is 106 Å². The van der Waals surface area contributed by atoms with Gasteiger partial charge >= 0.3 is 6.03 Å². The number of carbonyl (C=O) groups excluding carboxylic acids is 2. The van der Waals surface area contributed by atoms with Gasteiger partial charge in [0.05, 0.1) is 12.5 Å². The van der Waals surface area contributed by atoms with Crippen molar-refractivity contribution in [2.45, 2.75) is 12.5 Å². The molecule has 0 aliphatic carbocycles. The summed E-state index contributed by atoms with van der Waals surface area (Å²) in [5.74, 6) is 1.02. The number of hydrogen-bond donors (Lipinski definition) is 3. The maximum atomic E-state index is 12.7. The average Bonchev–Trinajstić information content (AvgIpc) is 3.35. The number of hydrogen-bond acceptors (Lipinski definition) is 5. The molecular weight excluding hydrogens is 436 g/mol. The summed E-state index contributed by atoms with van der Waals surface area (Å²) in [6.07, 6.45) is 1.76.